The minimum absolute atomic E-state index is 0.0303. The van der Waals surface area contributed by atoms with Crippen LogP contribution in [-0.4, -0.2) is 62.4 Å². The molecular formula is C34H30N6O5S. The number of piperidine rings is 1. The maximum atomic E-state index is 13.3. The van der Waals surface area contributed by atoms with E-state index in [1.54, 1.807) is 82.4 Å². The van der Waals surface area contributed by atoms with E-state index in [2.05, 4.69) is 27.3 Å². The molecule has 0 bridgehead atoms. The van der Waals surface area contributed by atoms with Crippen LogP contribution in [0.5, 0.6) is 0 Å². The SMILES string of the molecule is C#Cc1ccc(-n2ncc3c(=O)n(CC4(O)CCN(C(=O)c5ccc(-c6ccccc6NS(=O)(=O)C=C)cc5)CC4)cnc32)cc1. The molecule has 3 heterocycles. The summed E-state index contributed by atoms with van der Waals surface area (Å²) in [4.78, 5) is 32.8. The van der Waals surface area contributed by atoms with E-state index < -0.39 is 15.6 Å². The first kappa shape index (κ1) is 30.5. The van der Waals surface area contributed by atoms with Crippen LogP contribution in [-0.2, 0) is 16.6 Å². The van der Waals surface area contributed by atoms with Crippen LogP contribution in [0.15, 0.2) is 102 Å². The second kappa shape index (κ2) is 12.1. The first-order valence-electron chi connectivity index (χ1n) is 14.5. The Morgan fingerprint density at radius 2 is 1.76 bits per heavy atom. The summed E-state index contributed by atoms with van der Waals surface area (Å²) >= 11 is 0. The molecule has 0 radical (unpaired) electrons. The molecule has 232 valence electrons. The fraction of sp³-hybridized carbons (Fsp3) is 0.176. The number of benzene rings is 3. The highest BCUT2D eigenvalue weighted by atomic mass is 32.2. The van der Waals surface area contributed by atoms with Crippen LogP contribution in [0.1, 0.15) is 28.8 Å². The van der Waals surface area contributed by atoms with Crippen molar-refractivity contribution in [3.8, 4) is 29.2 Å². The molecule has 0 spiro atoms. The number of nitrogens with zero attached hydrogens (tertiary/aromatic N) is 5. The number of nitrogens with one attached hydrogen (secondary N) is 1. The van der Waals surface area contributed by atoms with E-state index in [1.807, 2.05) is 0 Å². The Labute approximate surface area is 265 Å². The van der Waals surface area contributed by atoms with E-state index in [-0.39, 0.29) is 30.9 Å². The summed E-state index contributed by atoms with van der Waals surface area (Å²) in [6.45, 7) is 3.97. The number of amides is 1. The fourth-order valence-electron chi connectivity index (χ4n) is 5.54. The number of hydrogen-bond acceptors (Lipinski definition) is 7. The van der Waals surface area contributed by atoms with Crippen molar-refractivity contribution in [3.05, 3.63) is 119 Å². The normalized spacial score (nSPS) is 14.5. The second-order valence-corrected chi connectivity index (χ2v) is 12.7. The number of likely N-dealkylation sites (tertiary alicyclic amines) is 1. The number of anilines is 1. The van der Waals surface area contributed by atoms with Crippen LogP contribution < -0.4 is 10.3 Å². The Hall–Kier alpha value is -5.51. The van der Waals surface area contributed by atoms with Gasteiger partial charge in [-0.25, -0.2) is 18.1 Å². The molecule has 0 atom stereocenters. The van der Waals surface area contributed by atoms with Crippen molar-refractivity contribution in [2.24, 2.45) is 0 Å². The molecule has 0 aliphatic carbocycles. The van der Waals surface area contributed by atoms with Crippen molar-refractivity contribution < 1.29 is 18.3 Å². The van der Waals surface area contributed by atoms with Crippen molar-refractivity contribution in [1.82, 2.24) is 24.2 Å². The highest BCUT2D eigenvalue weighted by Gasteiger charge is 2.35. The first-order chi connectivity index (χ1) is 22.1. The van der Waals surface area contributed by atoms with Crippen LogP contribution in [0.3, 0.4) is 0 Å². The number of carbonyl (C=O) groups is 1. The van der Waals surface area contributed by atoms with Gasteiger partial charge in [0.05, 0.1) is 29.7 Å². The second-order valence-electron chi connectivity index (χ2n) is 11.1. The number of aromatic nitrogens is 4. The van der Waals surface area contributed by atoms with Gasteiger partial charge >= 0.3 is 0 Å². The van der Waals surface area contributed by atoms with E-state index in [9.17, 15) is 23.1 Å². The molecule has 0 unspecified atom stereocenters. The van der Waals surface area contributed by atoms with E-state index in [0.717, 1.165) is 16.5 Å². The average molecular weight is 635 g/mol. The molecule has 1 aliphatic rings. The van der Waals surface area contributed by atoms with E-state index in [0.29, 0.717) is 46.6 Å². The molecule has 1 aliphatic heterocycles. The summed E-state index contributed by atoms with van der Waals surface area (Å²) in [5.41, 5.74) is 2.57. The molecule has 1 amide bonds. The predicted molar refractivity (Wildman–Crippen MR) is 176 cm³/mol. The number of fused-ring (bicyclic) bond motifs is 1. The van der Waals surface area contributed by atoms with Crippen molar-refractivity contribution in [3.63, 3.8) is 0 Å². The van der Waals surface area contributed by atoms with Crippen LogP contribution in [0.2, 0.25) is 0 Å². The quantitative estimate of drug-likeness (QED) is 0.248. The highest BCUT2D eigenvalue weighted by Crippen LogP contribution is 2.30. The number of hydrogen-bond donors (Lipinski definition) is 2. The summed E-state index contributed by atoms with van der Waals surface area (Å²) in [6, 6.07) is 21.0. The Bertz CT molecular complexity index is 2160. The van der Waals surface area contributed by atoms with Crippen molar-refractivity contribution in [2.45, 2.75) is 25.0 Å². The van der Waals surface area contributed by atoms with Gasteiger partial charge in [0, 0.05) is 35.2 Å². The lowest BCUT2D eigenvalue weighted by Crippen LogP contribution is -2.49. The smallest absolute Gasteiger partial charge is 0.264 e. The van der Waals surface area contributed by atoms with Crippen LogP contribution >= 0.6 is 0 Å². The Balaban J connectivity index is 1.12. The molecule has 46 heavy (non-hydrogen) atoms. The monoisotopic (exact) mass is 634 g/mol. The molecule has 5 aromatic rings. The zero-order valence-corrected chi connectivity index (χ0v) is 25.5. The summed E-state index contributed by atoms with van der Waals surface area (Å²) in [5, 5.41) is 16.9. The van der Waals surface area contributed by atoms with E-state index in [1.165, 1.54) is 17.1 Å². The van der Waals surface area contributed by atoms with Gasteiger partial charge in [-0.3, -0.25) is 18.9 Å². The predicted octanol–water partition coefficient (Wildman–Crippen LogP) is 3.78. The van der Waals surface area contributed by atoms with Crippen molar-refractivity contribution in [2.75, 3.05) is 17.8 Å². The molecule has 1 fully saturated rings. The number of para-hydroxylation sites is 1. The lowest BCUT2D eigenvalue weighted by Gasteiger charge is -2.38. The topological polar surface area (TPSA) is 139 Å². The third-order valence-electron chi connectivity index (χ3n) is 8.12. The summed E-state index contributed by atoms with van der Waals surface area (Å²) in [5.74, 6) is 2.38. The molecule has 2 N–H and O–H groups in total. The van der Waals surface area contributed by atoms with Gasteiger partial charge in [0.1, 0.15) is 11.7 Å². The van der Waals surface area contributed by atoms with E-state index in [4.69, 9.17) is 6.42 Å². The van der Waals surface area contributed by atoms with Crippen LogP contribution in [0, 0.1) is 12.3 Å². The van der Waals surface area contributed by atoms with Crippen LogP contribution in [0.4, 0.5) is 5.69 Å². The van der Waals surface area contributed by atoms with Crippen LogP contribution in [0.25, 0.3) is 27.8 Å². The highest BCUT2D eigenvalue weighted by molar-refractivity contribution is 7.95. The number of aliphatic hydroxyl groups is 1. The fourth-order valence-corrected chi connectivity index (χ4v) is 6.11. The summed E-state index contributed by atoms with van der Waals surface area (Å²) < 4.78 is 29.5. The minimum atomic E-state index is -3.69. The maximum absolute atomic E-state index is 13.3. The van der Waals surface area contributed by atoms with Crippen molar-refractivity contribution >= 4 is 32.7 Å². The number of sulfonamides is 1. The first-order valence-corrected chi connectivity index (χ1v) is 16.0. The zero-order chi connectivity index (χ0) is 32.5. The maximum Gasteiger partial charge on any atom is 0.264 e. The van der Waals surface area contributed by atoms with Gasteiger partial charge in [-0.15, -0.1) is 6.42 Å². The van der Waals surface area contributed by atoms with Gasteiger partial charge in [0.15, 0.2) is 5.65 Å². The molecule has 12 heteroatoms. The van der Waals surface area contributed by atoms with Crippen molar-refractivity contribution in [1.29, 1.82) is 0 Å². The minimum Gasteiger partial charge on any atom is -0.388 e. The third kappa shape index (κ3) is 6.06. The zero-order valence-electron chi connectivity index (χ0n) is 24.7. The van der Waals surface area contributed by atoms with Gasteiger partial charge in [-0.1, -0.05) is 42.8 Å². The number of terminal acetylenes is 1. The van der Waals surface area contributed by atoms with Gasteiger partial charge in [-0.2, -0.15) is 5.10 Å². The van der Waals surface area contributed by atoms with Gasteiger partial charge in [0.2, 0.25) is 0 Å². The molecule has 6 rings (SSSR count). The largest absolute Gasteiger partial charge is 0.388 e. The van der Waals surface area contributed by atoms with Gasteiger partial charge in [-0.05, 0) is 60.9 Å². The van der Waals surface area contributed by atoms with E-state index >= 15 is 0 Å². The van der Waals surface area contributed by atoms with Gasteiger partial charge in [0.25, 0.3) is 21.5 Å². The molecule has 1 saturated heterocycles. The molecular weight excluding hydrogens is 604 g/mol. The summed E-state index contributed by atoms with van der Waals surface area (Å²) in [7, 11) is -3.69. The standard InChI is InChI=1S/C34H30N6O5S/c1-3-24-9-15-27(16-10-24)40-31-29(21-36-40)33(42)39(23-35-31)22-34(43)17-19-38(20-18-34)32(41)26-13-11-25(12-14-26)28-7-5-6-8-30(28)37-46(44,45)4-2/h1,4-16,21,23,37,43H,2,17-20,22H2. The Morgan fingerprint density at radius 3 is 2.43 bits per heavy atom. The molecule has 3 aromatic carbocycles. The molecule has 0 saturated carbocycles. The lowest BCUT2D eigenvalue weighted by molar-refractivity contribution is -0.0299. The number of carbonyl (C=O) groups excluding carboxylic acids is 1. The third-order valence-corrected chi connectivity index (χ3v) is 9.06. The average Bonchev–Trinajstić information content (AvgIpc) is 3.51. The Kier molecular flexibility index (Phi) is 8.04. The molecule has 11 nitrogen and oxygen atoms in total. The Morgan fingerprint density at radius 1 is 1.07 bits per heavy atom. The molecule has 2 aromatic heterocycles. The number of rotatable bonds is 8. The van der Waals surface area contributed by atoms with Gasteiger partial charge < -0.3 is 10.0 Å². The summed E-state index contributed by atoms with van der Waals surface area (Å²) in [6.07, 6.45) is 8.87. The lowest BCUT2D eigenvalue weighted by atomic mass is 9.90.